The first-order chi connectivity index (χ1) is 13.8. The molecule has 2 N–H and O–H groups in total. The van der Waals surface area contributed by atoms with Gasteiger partial charge >= 0.3 is 0 Å². The molecule has 1 aromatic heterocycles. The number of aromatic nitrogens is 2. The maximum absolute atomic E-state index is 14.4. The number of aldehydes is 1. The highest BCUT2D eigenvalue weighted by atomic mass is 19.3. The summed E-state index contributed by atoms with van der Waals surface area (Å²) >= 11 is 0. The molecule has 1 atom stereocenters. The quantitative estimate of drug-likeness (QED) is 0.287. The molecule has 156 valence electrons. The third-order valence-corrected chi connectivity index (χ3v) is 4.05. The molecule has 29 heavy (non-hydrogen) atoms. The Kier molecular flexibility index (Phi) is 7.63. The number of nitrogen functional groups attached to an aromatic ring is 1. The fourth-order valence-electron chi connectivity index (χ4n) is 2.58. The molecule has 6 nitrogen and oxygen atoms in total. The zero-order valence-electron chi connectivity index (χ0n) is 15.9. The summed E-state index contributed by atoms with van der Waals surface area (Å²) in [6.07, 6.45) is -0.224. The Balaban J connectivity index is 2.36. The van der Waals surface area contributed by atoms with Gasteiger partial charge in [0.2, 0.25) is 0 Å². The number of nitrogens with zero attached hydrogens (tertiary/aromatic N) is 4. The van der Waals surface area contributed by atoms with E-state index in [1.807, 2.05) is 6.92 Å². The minimum atomic E-state index is -2.87. The van der Waals surface area contributed by atoms with E-state index in [4.69, 9.17) is 5.73 Å². The second-order valence-electron chi connectivity index (χ2n) is 6.41. The predicted octanol–water partition coefficient (Wildman–Crippen LogP) is 4.34. The third kappa shape index (κ3) is 5.72. The third-order valence-electron chi connectivity index (χ3n) is 4.05. The van der Waals surface area contributed by atoms with Gasteiger partial charge in [-0.05, 0) is 18.6 Å². The molecule has 2 rings (SSSR count). The largest absolute Gasteiger partial charge is 0.383 e. The molecule has 1 aromatic carbocycles. The number of anilines is 1. The summed E-state index contributed by atoms with van der Waals surface area (Å²) in [5, 5.41) is 0. The van der Waals surface area contributed by atoms with E-state index in [0.717, 1.165) is 12.3 Å². The zero-order chi connectivity index (χ0) is 21.6. The normalized spacial score (nSPS) is 12.5. The molecule has 10 heteroatoms. The van der Waals surface area contributed by atoms with Crippen LogP contribution in [-0.2, 0) is 0 Å². The van der Waals surface area contributed by atoms with Crippen LogP contribution in [0.25, 0.3) is 11.4 Å². The Morgan fingerprint density at radius 2 is 2.03 bits per heavy atom. The summed E-state index contributed by atoms with van der Waals surface area (Å²) < 4.78 is 53.7. The highest BCUT2D eigenvalue weighted by Gasteiger charge is 2.18. The maximum Gasteiger partial charge on any atom is 0.268 e. The van der Waals surface area contributed by atoms with Gasteiger partial charge in [0.1, 0.15) is 17.8 Å². The van der Waals surface area contributed by atoms with E-state index < -0.39 is 29.8 Å². The van der Waals surface area contributed by atoms with Crippen molar-refractivity contribution in [1.29, 1.82) is 0 Å². The molecule has 2 aromatic rings. The number of rotatable bonds is 9. The second kappa shape index (κ2) is 9.94. The number of nitrogens with two attached hydrogens (primary N) is 1. The van der Waals surface area contributed by atoms with E-state index >= 15 is 0 Å². The monoisotopic (exact) mass is 411 g/mol. The van der Waals surface area contributed by atoms with Gasteiger partial charge in [-0.3, -0.25) is 4.79 Å². The Labute approximate surface area is 165 Å². The van der Waals surface area contributed by atoms with Crippen LogP contribution in [0, 0.1) is 5.82 Å². The van der Waals surface area contributed by atoms with Gasteiger partial charge < -0.3 is 10.6 Å². The van der Waals surface area contributed by atoms with Gasteiger partial charge in [0.15, 0.2) is 12.1 Å². The van der Waals surface area contributed by atoms with Crippen molar-refractivity contribution in [3.8, 4) is 11.4 Å². The van der Waals surface area contributed by atoms with Crippen molar-refractivity contribution in [3.05, 3.63) is 35.3 Å². The number of alkyl halides is 3. The number of hydrogen-bond acceptors (Lipinski definition) is 5. The van der Waals surface area contributed by atoms with Crippen molar-refractivity contribution in [2.45, 2.75) is 32.4 Å². The van der Waals surface area contributed by atoms with Crippen LogP contribution < -0.4 is 5.73 Å². The lowest BCUT2D eigenvalue weighted by Gasteiger charge is -2.16. The van der Waals surface area contributed by atoms with Crippen LogP contribution in [0.4, 0.5) is 29.1 Å². The second-order valence-corrected chi connectivity index (χ2v) is 6.41. The first kappa shape index (κ1) is 22.3. The van der Waals surface area contributed by atoms with E-state index in [9.17, 15) is 22.4 Å². The first-order valence-electron chi connectivity index (χ1n) is 8.84. The molecular formula is C19H21F4N5O. The first-order valence-corrected chi connectivity index (χ1v) is 8.84. The van der Waals surface area contributed by atoms with Crippen molar-refractivity contribution >= 4 is 24.1 Å². The van der Waals surface area contributed by atoms with Gasteiger partial charge in [0, 0.05) is 25.4 Å². The predicted molar refractivity (Wildman–Crippen MR) is 103 cm³/mol. The van der Waals surface area contributed by atoms with Crippen LogP contribution in [0.2, 0.25) is 0 Å². The standard InChI is InChI=1S/C19H21F4N5O/c1-3-4-12(20)8-28(2)10-26-16-6-13(15(21)5-11(16)9-29)19-25-7-14(17(22)23)18(24)27-19/h5-7,9-10,12,17H,3-4,8H2,1-2H3,(H2,24,25,27). The van der Waals surface area contributed by atoms with E-state index in [0.29, 0.717) is 19.1 Å². The van der Waals surface area contributed by atoms with Crippen molar-refractivity contribution in [2.75, 3.05) is 19.3 Å². The van der Waals surface area contributed by atoms with Gasteiger partial charge in [0.05, 0.1) is 23.2 Å². The molecular weight excluding hydrogens is 390 g/mol. The molecule has 0 radical (unpaired) electrons. The minimum Gasteiger partial charge on any atom is -0.383 e. The highest BCUT2D eigenvalue weighted by molar-refractivity contribution is 5.86. The van der Waals surface area contributed by atoms with Crippen LogP contribution in [0.15, 0.2) is 23.3 Å². The summed E-state index contributed by atoms with van der Waals surface area (Å²) in [7, 11) is 1.61. The maximum atomic E-state index is 14.4. The summed E-state index contributed by atoms with van der Waals surface area (Å²) in [4.78, 5) is 24.3. The zero-order valence-corrected chi connectivity index (χ0v) is 15.9. The summed E-state index contributed by atoms with van der Waals surface area (Å²) in [6.45, 7) is 1.98. The molecule has 0 spiro atoms. The molecule has 0 saturated heterocycles. The lowest BCUT2D eigenvalue weighted by Crippen LogP contribution is -2.25. The molecule has 0 amide bonds. The van der Waals surface area contributed by atoms with Crippen molar-refractivity contribution < 1.29 is 22.4 Å². The van der Waals surface area contributed by atoms with Gasteiger partial charge in [-0.2, -0.15) is 0 Å². The van der Waals surface area contributed by atoms with Crippen molar-refractivity contribution in [3.63, 3.8) is 0 Å². The fraction of sp³-hybridized carbons (Fsp3) is 0.368. The van der Waals surface area contributed by atoms with Crippen LogP contribution >= 0.6 is 0 Å². The smallest absolute Gasteiger partial charge is 0.268 e. The number of hydrogen-bond donors (Lipinski definition) is 1. The van der Waals surface area contributed by atoms with E-state index in [2.05, 4.69) is 15.0 Å². The van der Waals surface area contributed by atoms with Crippen LogP contribution in [-0.4, -0.2) is 47.3 Å². The Morgan fingerprint density at radius 3 is 2.62 bits per heavy atom. The van der Waals surface area contributed by atoms with E-state index in [1.165, 1.54) is 17.3 Å². The summed E-state index contributed by atoms with van der Waals surface area (Å²) in [5.41, 5.74) is 4.82. The number of benzene rings is 1. The summed E-state index contributed by atoms with van der Waals surface area (Å²) in [6, 6.07) is 2.14. The summed E-state index contributed by atoms with van der Waals surface area (Å²) in [5.74, 6) is -1.53. The number of halogens is 4. The lowest BCUT2D eigenvalue weighted by atomic mass is 10.1. The average molecular weight is 411 g/mol. The van der Waals surface area contributed by atoms with Gasteiger partial charge in [-0.1, -0.05) is 13.3 Å². The number of carbonyl (C=O) groups is 1. The average Bonchev–Trinajstić information content (AvgIpc) is 2.66. The SMILES string of the molecule is CCCC(F)CN(C)C=Nc1cc(-c2ncc(C(F)F)c(N)n2)c(F)cc1C=O. The molecule has 0 fully saturated rings. The molecule has 0 bridgehead atoms. The van der Waals surface area contributed by atoms with Gasteiger partial charge in [-0.15, -0.1) is 0 Å². The van der Waals surface area contributed by atoms with Gasteiger partial charge in [-0.25, -0.2) is 32.5 Å². The topological polar surface area (TPSA) is 84.5 Å². The number of aliphatic imine (C=N–C) groups is 1. The minimum absolute atomic E-state index is 0.0431. The molecule has 0 aliphatic rings. The van der Waals surface area contributed by atoms with Crippen molar-refractivity contribution in [2.24, 2.45) is 4.99 Å². The molecule has 1 heterocycles. The van der Waals surface area contributed by atoms with E-state index in [-0.39, 0.29) is 29.2 Å². The Morgan fingerprint density at radius 1 is 1.31 bits per heavy atom. The van der Waals surface area contributed by atoms with Crippen molar-refractivity contribution in [1.82, 2.24) is 14.9 Å². The highest BCUT2D eigenvalue weighted by Crippen LogP contribution is 2.30. The fourth-order valence-corrected chi connectivity index (χ4v) is 2.58. The Hall–Kier alpha value is -3.04. The molecule has 0 aliphatic heterocycles. The lowest BCUT2D eigenvalue weighted by molar-refractivity contribution is 0.112. The van der Waals surface area contributed by atoms with E-state index in [1.54, 1.807) is 7.05 Å². The van der Waals surface area contributed by atoms with Gasteiger partial charge in [0.25, 0.3) is 6.43 Å². The molecule has 0 saturated carbocycles. The van der Waals surface area contributed by atoms with Crippen LogP contribution in [0.1, 0.15) is 42.1 Å². The van der Waals surface area contributed by atoms with Crippen LogP contribution in [0.3, 0.4) is 0 Å². The number of carbonyl (C=O) groups excluding carboxylic acids is 1. The van der Waals surface area contributed by atoms with Crippen LogP contribution in [0.5, 0.6) is 0 Å². The molecule has 1 unspecified atom stereocenters. The molecule has 0 aliphatic carbocycles. The Bertz CT molecular complexity index is 891.